The molecule has 0 aliphatic carbocycles. The summed E-state index contributed by atoms with van der Waals surface area (Å²) in [4.78, 5) is 11.1. The predicted octanol–water partition coefficient (Wildman–Crippen LogP) is 2.36. The molecule has 1 aliphatic heterocycles. The quantitative estimate of drug-likeness (QED) is 0.819. The van der Waals surface area contributed by atoms with Gasteiger partial charge < -0.3 is 16.0 Å². The molecule has 3 N–H and O–H groups in total. The van der Waals surface area contributed by atoms with Gasteiger partial charge >= 0.3 is 0 Å². The van der Waals surface area contributed by atoms with Crippen LogP contribution in [0.15, 0.2) is 30.5 Å². The zero-order chi connectivity index (χ0) is 14.1. The molecule has 0 saturated heterocycles. The van der Waals surface area contributed by atoms with E-state index in [9.17, 15) is 0 Å². The molecule has 0 spiro atoms. The molecule has 104 valence electrons. The molecule has 1 aliphatic rings. The van der Waals surface area contributed by atoms with Gasteiger partial charge in [0.15, 0.2) is 0 Å². The number of aromatic nitrogens is 2. The van der Waals surface area contributed by atoms with Crippen LogP contribution in [0.3, 0.4) is 0 Å². The Balaban J connectivity index is 1.91. The van der Waals surface area contributed by atoms with E-state index in [1.165, 1.54) is 0 Å². The molecular weight excluding hydrogens is 250 g/mol. The lowest BCUT2D eigenvalue weighted by Gasteiger charge is -2.32. The van der Waals surface area contributed by atoms with Gasteiger partial charge in [0.25, 0.3) is 0 Å². The molecule has 3 rings (SSSR count). The number of fused-ring (bicyclic) bond motifs is 1. The minimum Gasteiger partial charge on any atom is -0.399 e. The van der Waals surface area contributed by atoms with Crippen molar-refractivity contribution in [2.24, 2.45) is 0 Å². The molecule has 1 aromatic carbocycles. The Morgan fingerprint density at radius 3 is 3.05 bits per heavy atom. The van der Waals surface area contributed by atoms with Crippen molar-refractivity contribution >= 4 is 17.2 Å². The summed E-state index contributed by atoms with van der Waals surface area (Å²) in [5.74, 6) is 1.82. The van der Waals surface area contributed by atoms with Crippen molar-refractivity contribution in [2.45, 2.75) is 19.4 Å². The molecule has 0 bridgehead atoms. The average Bonchev–Trinajstić information content (AvgIpc) is 2.42. The first kappa shape index (κ1) is 12.7. The maximum Gasteiger partial charge on any atom is 0.137 e. The van der Waals surface area contributed by atoms with Crippen LogP contribution in [0.1, 0.15) is 23.9 Å². The number of hydrogen-bond acceptors (Lipinski definition) is 5. The highest BCUT2D eigenvalue weighted by molar-refractivity contribution is 5.58. The lowest BCUT2D eigenvalue weighted by Crippen LogP contribution is -2.31. The minimum atomic E-state index is 0.226. The third-order valence-electron chi connectivity index (χ3n) is 3.63. The number of hydrogen-bond donors (Lipinski definition) is 2. The topological polar surface area (TPSA) is 67.1 Å². The number of anilines is 3. The molecule has 0 saturated carbocycles. The number of rotatable bonds is 2. The van der Waals surface area contributed by atoms with Gasteiger partial charge in [0.1, 0.15) is 11.6 Å². The highest BCUT2D eigenvalue weighted by atomic mass is 15.2. The Morgan fingerprint density at radius 1 is 1.40 bits per heavy atom. The first-order valence-electron chi connectivity index (χ1n) is 6.80. The maximum absolute atomic E-state index is 5.83. The Hall–Kier alpha value is -2.30. The number of benzene rings is 1. The van der Waals surface area contributed by atoms with E-state index in [0.717, 1.165) is 41.5 Å². The van der Waals surface area contributed by atoms with Crippen LogP contribution in [0.2, 0.25) is 0 Å². The molecule has 1 atom stereocenters. The van der Waals surface area contributed by atoms with E-state index in [1.54, 1.807) is 0 Å². The number of aryl methyl sites for hydroxylation is 1. The van der Waals surface area contributed by atoms with Gasteiger partial charge in [0.05, 0.1) is 6.04 Å². The van der Waals surface area contributed by atoms with Crippen molar-refractivity contribution in [1.29, 1.82) is 0 Å². The van der Waals surface area contributed by atoms with Gasteiger partial charge in [-0.25, -0.2) is 9.97 Å². The summed E-state index contributed by atoms with van der Waals surface area (Å²) >= 11 is 0. The van der Waals surface area contributed by atoms with Gasteiger partial charge in [-0.1, -0.05) is 6.07 Å². The first-order valence-corrected chi connectivity index (χ1v) is 6.80. The highest BCUT2D eigenvalue weighted by Crippen LogP contribution is 2.33. The molecule has 2 heterocycles. The van der Waals surface area contributed by atoms with Crippen molar-refractivity contribution in [3.05, 3.63) is 41.9 Å². The molecule has 5 heteroatoms. The van der Waals surface area contributed by atoms with Gasteiger partial charge in [-0.15, -0.1) is 0 Å². The van der Waals surface area contributed by atoms with E-state index in [4.69, 9.17) is 5.73 Å². The zero-order valence-corrected chi connectivity index (χ0v) is 11.8. The second-order valence-corrected chi connectivity index (χ2v) is 5.23. The van der Waals surface area contributed by atoms with Gasteiger partial charge in [-0.2, -0.15) is 0 Å². The van der Waals surface area contributed by atoms with Crippen molar-refractivity contribution < 1.29 is 0 Å². The fourth-order valence-corrected chi connectivity index (χ4v) is 2.58. The van der Waals surface area contributed by atoms with Crippen molar-refractivity contribution in [3.8, 4) is 0 Å². The lowest BCUT2D eigenvalue weighted by molar-refractivity contribution is 0.633. The van der Waals surface area contributed by atoms with Gasteiger partial charge in [0.2, 0.25) is 0 Å². The van der Waals surface area contributed by atoms with Crippen molar-refractivity contribution in [2.75, 3.05) is 29.5 Å². The smallest absolute Gasteiger partial charge is 0.137 e. The molecular formula is C15H19N5. The normalized spacial score (nSPS) is 17.7. The Bertz CT molecular complexity index is 625. The Labute approximate surface area is 118 Å². The van der Waals surface area contributed by atoms with Crippen LogP contribution in [-0.4, -0.2) is 23.6 Å². The number of nitrogen functional groups attached to an aromatic ring is 1. The largest absolute Gasteiger partial charge is 0.399 e. The summed E-state index contributed by atoms with van der Waals surface area (Å²) in [5.41, 5.74) is 8.77. The fraction of sp³-hybridized carbons (Fsp3) is 0.333. The van der Waals surface area contributed by atoms with Crippen LogP contribution in [0.25, 0.3) is 0 Å². The maximum atomic E-state index is 5.83. The molecule has 0 radical (unpaired) electrons. The fourth-order valence-electron chi connectivity index (χ4n) is 2.58. The van der Waals surface area contributed by atoms with Crippen LogP contribution in [0, 0.1) is 6.92 Å². The molecule has 0 amide bonds. The van der Waals surface area contributed by atoms with Gasteiger partial charge in [-0.05, 0) is 31.5 Å². The average molecular weight is 269 g/mol. The third kappa shape index (κ3) is 2.39. The summed E-state index contributed by atoms with van der Waals surface area (Å²) in [7, 11) is 2.07. The molecule has 5 nitrogen and oxygen atoms in total. The second kappa shape index (κ2) is 5.00. The number of nitrogens with two attached hydrogens (primary N) is 1. The third-order valence-corrected chi connectivity index (χ3v) is 3.63. The number of nitrogens with zero attached hydrogens (tertiary/aromatic N) is 3. The van der Waals surface area contributed by atoms with Crippen LogP contribution < -0.4 is 16.0 Å². The van der Waals surface area contributed by atoms with E-state index in [0.29, 0.717) is 0 Å². The summed E-state index contributed by atoms with van der Waals surface area (Å²) in [6, 6.07) is 8.05. The Kier molecular flexibility index (Phi) is 3.18. The van der Waals surface area contributed by atoms with Gasteiger partial charge in [-0.3, -0.25) is 0 Å². The second-order valence-electron chi connectivity index (χ2n) is 5.23. The first-order chi connectivity index (χ1) is 9.63. The lowest BCUT2D eigenvalue weighted by atomic mass is 10.0. The Morgan fingerprint density at radius 2 is 2.25 bits per heavy atom. The highest BCUT2D eigenvalue weighted by Gasteiger charge is 2.25. The minimum absolute atomic E-state index is 0.226. The van der Waals surface area contributed by atoms with E-state index in [-0.39, 0.29) is 6.04 Å². The SMILES string of the molecule is Cc1ncc2c(n1)N(C)CCC2Nc1cccc(N)c1. The van der Waals surface area contributed by atoms with Crippen LogP contribution >= 0.6 is 0 Å². The van der Waals surface area contributed by atoms with Crippen LogP contribution in [0.5, 0.6) is 0 Å². The van der Waals surface area contributed by atoms with Crippen molar-refractivity contribution in [3.63, 3.8) is 0 Å². The van der Waals surface area contributed by atoms with Crippen molar-refractivity contribution in [1.82, 2.24) is 9.97 Å². The molecule has 0 fully saturated rings. The molecule has 1 aromatic heterocycles. The molecule has 20 heavy (non-hydrogen) atoms. The van der Waals surface area contributed by atoms with E-state index in [1.807, 2.05) is 37.4 Å². The summed E-state index contributed by atoms with van der Waals surface area (Å²) in [5, 5.41) is 3.53. The monoisotopic (exact) mass is 269 g/mol. The summed E-state index contributed by atoms with van der Waals surface area (Å²) < 4.78 is 0. The zero-order valence-electron chi connectivity index (χ0n) is 11.8. The summed E-state index contributed by atoms with van der Waals surface area (Å²) in [6.07, 6.45) is 2.95. The standard InChI is InChI=1S/C15H19N5/c1-10-17-9-13-14(6-7-20(2)15(13)18-10)19-12-5-3-4-11(16)8-12/h3-5,8-9,14,19H,6-7,16H2,1-2H3. The van der Waals surface area contributed by atoms with E-state index in [2.05, 4.69) is 27.2 Å². The molecule has 1 unspecified atom stereocenters. The van der Waals surface area contributed by atoms with Crippen LogP contribution in [0.4, 0.5) is 17.2 Å². The summed E-state index contributed by atoms with van der Waals surface area (Å²) in [6.45, 7) is 2.90. The number of nitrogens with one attached hydrogen (secondary N) is 1. The van der Waals surface area contributed by atoms with Crippen LogP contribution in [-0.2, 0) is 0 Å². The predicted molar refractivity (Wildman–Crippen MR) is 81.9 cm³/mol. The van der Waals surface area contributed by atoms with Gasteiger partial charge in [0, 0.05) is 36.7 Å². The molecule has 2 aromatic rings. The van der Waals surface area contributed by atoms with E-state index < -0.39 is 0 Å². The van der Waals surface area contributed by atoms with E-state index >= 15 is 0 Å².